The molecule has 25 heavy (non-hydrogen) atoms. The summed E-state index contributed by atoms with van der Waals surface area (Å²) in [5.41, 5.74) is 4.64. The minimum Gasteiger partial charge on any atom is -0.382 e. The van der Waals surface area contributed by atoms with Crippen molar-refractivity contribution in [3.05, 3.63) is 40.8 Å². The van der Waals surface area contributed by atoms with E-state index in [0.717, 1.165) is 0 Å². The highest BCUT2D eigenvalue weighted by Gasteiger charge is 2.41. The van der Waals surface area contributed by atoms with Crippen molar-refractivity contribution in [2.75, 3.05) is 5.75 Å². The highest BCUT2D eigenvalue weighted by Crippen LogP contribution is 2.32. The molecule has 1 saturated heterocycles. The molecule has 2 unspecified atom stereocenters. The Hall–Kier alpha value is -1.61. The summed E-state index contributed by atoms with van der Waals surface area (Å²) < 4.78 is 19.1. The molecule has 3 rings (SSSR count). The minimum atomic E-state index is -0.991. The Morgan fingerprint density at radius 1 is 1.56 bits per heavy atom. The van der Waals surface area contributed by atoms with E-state index < -0.39 is 22.7 Å². The molecule has 2 aromatic rings. The number of thioether (sulfide) groups is 1. The molecule has 0 aliphatic carbocycles. The molecule has 6 nitrogen and oxygen atoms in total. The van der Waals surface area contributed by atoms with Gasteiger partial charge in [0.25, 0.3) is 0 Å². The van der Waals surface area contributed by atoms with Crippen molar-refractivity contribution >= 4 is 29.3 Å². The summed E-state index contributed by atoms with van der Waals surface area (Å²) in [4.78, 5) is 11.9. The summed E-state index contributed by atoms with van der Waals surface area (Å²) in [6, 6.07) is 5.85. The molecule has 0 bridgehead atoms. The number of rotatable bonds is 5. The number of nitrogens with one attached hydrogen (secondary N) is 1. The summed E-state index contributed by atoms with van der Waals surface area (Å²) in [5.74, 6) is -0.140. The van der Waals surface area contributed by atoms with Gasteiger partial charge in [0.15, 0.2) is 5.76 Å². The number of hydrogen-bond acceptors (Lipinski definition) is 6. The Balaban J connectivity index is 1.73. The van der Waals surface area contributed by atoms with Crippen LogP contribution < -0.4 is 11.1 Å². The van der Waals surface area contributed by atoms with E-state index in [4.69, 9.17) is 21.9 Å². The summed E-state index contributed by atoms with van der Waals surface area (Å²) in [6.45, 7) is 0.207. The van der Waals surface area contributed by atoms with E-state index in [-0.39, 0.29) is 24.3 Å². The van der Waals surface area contributed by atoms with Crippen molar-refractivity contribution < 1.29 is 18.8 Å². The van der Waals surface area contributed by atoms with Crippen LogP contribution >= 0.6 is 23.4 Å². The average molecular weight is 386 g/mol. The number of carbonyl (C=O) groups is 1. The molecule has 2 heterocycles. The number of halogens is 2. The standard InChI is InChI=1S/C16H17ClFN3O3S/c17-9-1-2-11(12(18)5-9)13-6-10(21-24-13)8-20-16(15(19)23)3-4-25-14(22)7-16/h1-2,5-6,14,20,22H,3-4,7-8H2,(H2,19,23). The molecule has 1 amide bonds. The van der Waals surface area contributed by atoms with Crippen LogP contribution in [0.2, 0.25) is 5.02 Å². The van der Waals surface area contributed by atoms with Gasteiger partial charge in [-0.05, 0) is 30.4 Å². The third-order valence-corrected chi connectivity index (χ3v) is 5.42. The van der Waals surface area contributed by atoms with Gasteiger partial charge in [0, 0.05) is 24.1 Å². The zero-order valence-corrected chi connectivity index (χ0v) is 14.7. The fourth-order valence-electron chi connectivity index (χ4n) is 2.77. The number of nitrogens with zero attached hydrogens (tertiary/aromatic N) is 1. The van der Waals surface area contributed by atoms with E-state index in [1.165, 1.54) is 23.9 Å². The van der Waals surface area contributed by atoms with E-state index in [0.29, 0.717) is 22.9 Å². The van der Waals surface area contributed by atoms with E-state index in [2.05, 4.69) is 10.5 Å². The van der Waals surface area contributed by atoms with Crippen LogP contribution in [-0.2, 0) is 11.3 Å². The number of nitrogens with two attached hydrogens (primary N) is 1. The van der Waals surface area contributed by atoms with Crippen LogP contribution in [0.1, 0.15) is 18.5 Å². The lowest BCUT2D eigenvalue weighted by Crippen LogP contribution is -2.58. The molecule has 1 aliphatic rings. The molecule has 1 aromatic heterocycles. The highest BCUT2D eigenvalue weighted by atomic mass is 35.5. The van der Waals surface area contributed by atoms with Crippen LogP contribution in [0.3, 0.4) is 0 Å². The normalized spacial score (nSPS) is 23.6. The molecular formula is C16H17ClFN3O3S. The molecule has 0 spiro atoms. The lowest BCUT2D eigenvalue weighted by molar-refractivity contribution is -0.125. The summed E-state index contributed by atoms with van der Waals surface area (Å²) in [5, 5.41) is 17.1. The Kier molecular flexibility index (Phi) is 5.33. The van der Waals surface area contributed by atoms with Crippen LogP contribution in [0.4, 0.5) is 4.39 Å². The monoisotopic (exact) mass is 385 g/mol. The van der Waals surface area contributed by atoms with Gasteiger partial charge >= 0.3 is 0 Å². The van der Waals surface area contributed by atoms with Gasteiger partial charge in [-0.15, -0.1) is 11.8 Å². The molecule has 1 aromatic carbocycles. The van der Waals surface area contributed by atoms with Gasteiger partial charge in [0.2, 0.25) is 5.91 Å². The van der Waals surface area contributed by atoms with Crippen LogP contribution in [-0.4, -0.2) is 32.9 Å². The molecule has 2 atom stereocenters. The molecule has 1 fully saturated rings. The maximum absolute atomic E-state index is 14.0. The van der Waals surface area contributed by atoms with Crippen molar-refractivity contribution in [1.29, 1.82) is 0 Å². The largest absolute Gasteiger partial charge is 0.382 e. The second kappa shape index (κ2) is 7.33. The summed E-state index contributed by atoms with van der Waals surface area (Å²) in [7, 11) is 0. The van der Waals surface area contributed by atoms with Gasteiger partial charge in [0.1, 0.15) is 16.8 Å². The number of aliphatic hydroxyl groups excluding tert-OH is 1. The summed E-state index contributed by atoms with van der Waals surface area (Å²) in [6.07, 6.45) is 0.740. The Labute approximate surface area is 152 Å². The number of amides is 1. The van der Waals surface area contributed by atoms with E-state index >= 15 is 0 Å². The maximum atomic E-state index is 14.0. The van der Waals surface area contributed by atoms with Crippen molar-refractivity contribution in [2.45, 2.75) is 30.4 Å². The first-order chi connectivity index (χ1) is 11.9. The quantitative estimate of drug-likeness (QED) is 0.730. The Morgan fingerprint density at radius 3 is 3.04 bits per heavy atom. The zero-order chi connectivity index (χ0) is 18.0. The molecule has 4 N–H and O–H groups in total. The molecule has 134 valence electrons. The van der Waals surface area contributed by atoms with Crippen LogP contribution in [0.5, 0.6) is 0 Å². The molecular weight excluding hydrogens is 369 g/mol. The Morgan fingerprint density at radius 2 is 2.36 bits per heavy atom. The predicted octanol–water partition coefficient (Wildman–Crippen LogP) is 2.29. The van der Waals surface area contributed by atoms with E-state index in [1.54, 1.807) is 12.1 Å². The van der Waals surface area contributed by atoms with Gasteiger partial charge in [0.05, 0.1) is 11.3 Å². The number of hydrogen-bond donors (Lipinski definition) is 3. The minimum absolute atomic E-state index is 0.207. The fraction of sp³-hybridized carbons (Fsp3) is 0.375. The molecule has 0 radical (unpaired) electrons. The van der Waals surface area contributed by atoms with Gasteiger partial charge in [-0.25, -0.2) is 4.39 Å². The van der Waals surface area contributed by atoms with Crippen molar-refractivity contribution in [2.24, 2.45) is 5.73 Å². The smallest absolute Gasteiger partial charge is 0.237 e. The topological polar surface area (TPSA) is 101 Å². The molecule has 0 saturated carbocycles. The fourth-order valence-corrected chi connectivity index (χ4v) is 4.07. The van der Waals surface area contributed by atoms with E-state index in [1.807, 2.05) is 0 Å². The second-order valence-electron chi connectivity index (χ2n) is 5.89. The first-order valence-electron chi connectivity index (χ1n) is 7.65. The maximum Gasteiger partial charge on any atom is 0.237 e. The van der Waals surface area contributed by atoms with Gasteiger partial charge in [-0.1, -0.05) is 16.8 Å². The molecule has 1 aliphatic heterocycles. The van der Waals surface area contributed by atoms with Gasteiger partial charge in [-0.2, -0.15) is 0 Å². The molecule has 9 heteroatoms. The Bertz CT molecular complexity index is 788. The predicted molar refractivity (Wildman–Crippen MR) is 93.4 cm³/mol. The number of aromatic nitrogens is 1. The summed E-state index contributed by atoms with van der Waals surface area (Å²) >= 11 is 7.12. The van der Waals surface area contributed by atoms with Crippen LogP contribution in [0.25, 0.3) is 11.3 Å². The van der Waals surface area contributed by atoms with Crippen molar-refractivity contribution in [3.63, 3.8) is 0 Å². The third-order valence-electron chi connectivity index (χ3n) is 4.20. The van der Waals surface area contributed by atoms with Crippen molar-refractivity contribution in [1.82, 2.24) is 10.5 Å². The number of carbonyl (C=O) groups excluding carboxylic acids is 1. The lowest BCUT2D eigenvalue weighted by Gasteiger charge is -2.37. The number of primary amides is 1. The second-order valence-corrected chi connectivity index (χ2v) is 7.61. The SMILES string of the molecule is NC(=O)C1(NCc2cc(-c3ccc(Cl)cc3F)on2)CCSC(O)C1. The lowest BCUT2D eigenvalue weighted by atomic mass is 9.90. The van der Waals surface area contributed by atoms with E-state index in [9.17, 15) is 14.3 Å². The number of aliphatic hydroxyl groups is 1. The highest BCUT2D eigenvalue weighted by molar-refractivity contribution is 7.99. The number of benzene rings is 1. The van der Waals surface area contributed by atoms with Gasteiger partial charge in [-0.3, -0.25) is 10.1 Å². The van der Waals surface area contributed by atoms with Gasteiger partial charge < -0.3 is 15.4 Å². The van der Waals surface area contributed by atoms with Crippen molar-refractivity contribution in [3.8, 4) is 11.3 Å². The first-order valence-corrected chi connectivity index (χ1v) is 9.08. The zero-order valence-electron chi connectivity index (χ0n) is 13.2. The van der Waals surface area contributed by atoms with Crippen LogP contribution in [0, 0.1) is 5.82 Å². The third kappa shape index (κ3) is 3.98. The average Bonchev–Trinajstić information content (AvgIpc) is 3.01. The first kappa shape index (κ1) is 18.2. The van der Waals surface area contributed by atoms with Crippen LogP contribution in [0.15, 0.2) is 28.8 Å².